The van der Waals surface area contributed by atoms with Gasteiger partial charge in [0.2, 0.25) is 0 Å². The molecule has 0 saturated heterocycles. The normalized spacial score (nSPS) is 16.3. The third-order valence-corrected chi connectivity index (χ3v) is 2.99. The van der Waals surface area contributed by atoms with Crippen LogP contribution >= 0.6 is 0 Å². The molecule has 1 aliphatic rings. The van der Waals surface area contributed by atoms with Gasteiger partial charge in [0.25, 0.3) is 0 Å². The zero-order valence-corrected chi connectivity index (χ0v) is 9.11. The Hall–Kier alpha value is -0.860. The SMILES string of the molecule is NCCc1ccc(COC2CCC2)cc1. The van der Waals surface area contributed by atoms with Crippen LogP contribution in [-0.2, 0) is 17.8 Å². The van der Waals surface area contributed by atoms with Gasteiger partial charge in [-0.25, -0.2) is 0 Å². The van der Waals surface area contributed by atoms with Crippen LogP contribution in [-0.4, -0.2) is 12.6 Å². The van der Waals surface area contributed by atoms with Gasteiger partial charge in [-0.2, -0.15) is 0 Å². The third kappa shape index (κ3) is 3.05. The molecule has 2 nitrogen and oxygen atoms in total. The molecule has 0 aromatic heterocycles. The van der Waals surface area contributed by atoms with E-state index in [4.69, 9.17) is 10.5 Å². The maximum atomic E-state index is 5.74. The monoisotopic (exact) mass is 205 g/mol. The van der Waals surface area contributed by atoms with Gasteiger partial charge in [-0.05, 0) is 43.4 Å². The van der Waals surface area contributed by atoms with Crippen molar-refractivity contribution >= 4 is 0 Å². The third-order valence-electron chi connectivity index (χ3n) is 2.99. The zero-order chi connectivity index (χ0) is 10.5. The van der Waals surface area contributed by atoms with Gasteiger partial charge in [0.05, 0.1) is 12.7 Å². The highest BCUT2D eigenvalue weighted by Crippen LogP contribution is 2.23. The number of hydrogen-bond acceptors (Lipinski definition) is 2. The topological polar surface area (TPSA) is 35.2 Å². The molecule has 0 spiro atoms. The van der Waals surface area contributed by atoms with Crippen LogP contribution in [0.3, 0.4) is 0 Å². The molecule has 15 heavy (non-hydrogen) atoms. The summed E-state index contributed by atoms with van der Waals surface area (Å²) in [6.07, 6.45) is 5.30. The van der Waals surface area contributed by atoms with Crippen molar-refractivity contribution < 1.29 is 4.74 Å². The Morgan fingerprint density at radius 1 is 1.13 bits per heavy atom. The summed E-state index contributed by atoms with van der Waals surface area (Å²) in [6, 6.07) is 8.58. The van der Waals surface area contributed by atoms with E-state index in [9.17, 15) is 0 Å². The zero-order valence-electron chi connectivity index (χ0n) is 9.11. The first-order valence-electron chi connectivity index (χ1n) is 5.78. The van der Waals surface area contributed by atoms with Gasteiger partial charge in [-0.3, -0.25) is 0 Å². The van der Waals surface area contributed by atoms with Crippen molar-refractivity contribution in [2.45, 2.75) is 38.4 Å². The molecule has 82 valence electrons. The Bertz CT molecular complexity index is 290. The first-order chi connectivity index (χ1) is 7.38. The van der Waals surface area contributed by atoms with Crippen LogP contribution in [0.4, 0.5) is 0 Å². The van der Waals surface area contributed by atoms with Gasteiger partial charge in [0.1, 0.15) is 0 Å². The second kappa shape index (κ2) is 5.29. The Morgan fingerprint density at radius 3 is 2.33 bits per heavy atom. The molecule has 0 heterocycles. The summed E-state index contributed by atoms with van der Waals surface area (Å²) in [5.41, 5.74) is 8.07. The van der Waals surface area contributed by atoms with E-state index in [0.717, 1.165) is 19.6 Å². The number of ether oxygens (including phenoxy) is 1. The van der Waals surface area contributed by atoms with Crippen molar-refractivity contribution in [2.24, 2.45) is 5.73 Å². The highest BCUT2D eigenvalue weighted by atomic mass is 16.5. The number of hydrogen-bond donors (Lipinski definition) is 1. The van der Waals surface area contributed by atoms with Crippen molar-refractivity contribution in [1.82, 2.24) is 0 Å². The second-order valence-electron chi connectivity index (χ2n) is 4.22. The second-order valence-corrected chi connectivity index (χ2v) is 4.22. The molecule has 1 aliphatic carbocycles. The molecule has 0 atom stereocenters. The van der Waals surface area contributed by atoms with E-state index < -0.39 is 0 Å². The minimum absolute atomic E-state index is 0.522. The first kappa shape index (κ1) is 10.7. The molecular formula is C13H19NO. The lowest BCUT2D eigenvalue weighted by molar-refractivity contribution is -0.00866. The highest BCUT2D eigenvalue weighted by Gasteiger charge is 2.17. The lowest BCUT2D eigenvalue weighted by Crippen LogP contribution is -2.21. The van der Waals surface area contributed by atoms with E-state index in [2.05, 4.69) is 24.3 Å². The fourth-order valence-electron chi connectivity index (χ4n) is 1.72. The largest absolute Gasteiger partial charge is 0.374 e. The lowest BCUT2D eigenvalue weighted by atomic mass is 9.96. The van der Waals surface area contributed by atoms with Gasteiger partial charge >= 0.3 is 0 Å². The maximum Gasteiger partial charge on any atom is 0.0720 e. The smallest absolute Gasteiger partial charge is 0.0720 e. The van der Waals surface area contributed by atoms with E-state index in [1.54, 1.807) is 0 Å². The van der Waals surface area contributed by atoms with Crippen molar-refractivity contribution in [3.8, 4) is 0 Å². The highest BCUT2D eigenvalue weighted by molar-refractivity contribution is 5.22. The number of benzene rings is 1. The predicted molar refractivity (Wildman–Crippen MR) is 61.6 cm³/mol. The molecule has 1 aromatic carbocycles. The lowest BCUT2D eigenvalue weighted by Gasteiger charge is -2.25. The van der Waals surface area contributed by atoms with Crippen molar-refractivity contribution in [3.05, 3.63) is 35.4 Å². The Labute approximate surface area is 91.4 Å². The van der Waals surface area contributed by atoms with Gasteiger partial charge in [0.15, 0.2) is 0 Å². The first-order valence-corrected chi connectivity index (χ1v) is 5.78. The van der Waals surface area contributed by atoms with E-state index in [-0.39, 0.29) is 0 Å². The van der Waals surface area contributed by atoms with Gasteiger partial charge < -0.3 is 10.5 Å². The van der Waals surface area contributed by atoms with Gasteiger partial charge in [0, 0.05) is 0 Å². The fraction of sp³-hybridized carbons (Fsp3) is 0.538. The van der Waals surface area contributed by atoms with E-state index in [0.29, 0.717) is 6.10 Å². The summed E-state index contributed by atoms with van der Waals surface area (Å²) in [7, 11) is 0. The summed E-state index contributed by atoms with van der Waals surface area (Å²) in [4.78, 5) is 0. The quantitative estimate of drug-likeness (QED) is 0.800. The van der Waals surface area contributed by atoms with Crippen LogP contribution in [0.1, 0.15) is 30.4 Å². The number of rotatable bonds is 5. The summed E-state index contributed by atoms with van der Waals surface area (Å²) in [5, 5.41) is 0. The van der Waals surface area contributed by atoms with Crippen LogP contribution < -0.4 is 5.73 Å². The molecule has 2 N–H and O–H groups in total. The minimum Gasteiger partial charge on any atom is -0.374 e. The number of nitrogens with two attached hydrogens (primary N) is 1. The summed E-state index contributed by atoms with van der Waals surface area (Å²) < 4.78 is 5.74. The van der Waals surface area contributed by atoms with E-state index in [1.165, 1.54) is 30.4 Å². The average Bonchev–Trinajstić information content (AvgIpc) is 2.19. The van der Waals surface area contributed by atoms with Crippen LogP contribution in [0.25, 0.3) is 0 Å². The molecule has 2 heteroatoms. The predicted octanol–water partition coefficient (Wildman–Crippen LogP) is 2.26. The molecular weight excluding hydrogens is 186 g/mol. The average molecular weight is 205 g/mol. The van der Waals surface area contributed by atoms with Gasteiger partial charge in [-0.1, -0.05) is 24.3 Å². The van der Waals surface area contributed by atoms with Crippen LogP contribution in [0.15, 0.2) is 24.3 Å². The van der Waals surface area contributed by atoms with E-state index >= 15 is 0 Å². The molecule has 0 unspecified atom stereocenters. The Morgan fingerprint density at radius 2 is 1.80 bits per heavy atom. The Kier molecular flexibility index (Phi) is 3.75. The van der Waals surface area contributed by atoms with Crippen LogP contribution in [0.5, 0.6) is 0 Å². The standard InChI is InChI=1S/C13H19NO/c14-9-8-11-4-6-12(7-5-11)10-15-13-2-1-3-13/h4-7,13H,1-3,8-10,14H2. The minimum atomic E-state index is 0.522. The van der Waals surface area contributed by atoms with Gasteiger partial charge in [-0.15, -0.1) is 0 Å². The molecule has 1 aromatic rings. The molecule has 0 aliphatic heterocycles. The molecule has 0 amide bonds. The van der Waals surface area contributed by atoms with Crippen LogP contribution in [0, 0.1) is 0 Å². The molecule has 0 radical (unpaired) electrons. The van der Waals surface area contributed by atoms with Crippen molar-refractivity contribution in [2.75, 3.05) is 6.54 Å². The Balaban J connectivity index is 1.80. The fourth-order valence-corrected chi connectivity index (χ4v) is 1.72. The summed E-state index contributed by atoms with van der Waals surface area (Å²) >= 11 is 0. The maximum absolute atomic E-state index is 5.74. The van der Waals surface area contributed by atoms with Crippen molar-refractivity contribution in [3.63, 3.8) is 0 Å². The van der Waals surface area contributed by atoms with E-state index in [1.807, 2.05) is 0 Å². The van der Waals surface area contributed by atoms with Crippen molar-refractivity contribution in [1.29, 1.82) is 0 Å². The summed E-state index contributed by atoms with van der Waals surface area (Å²) in [6.45, 7) is 1.48. The molecule has 1 saturated carbocycles. The summed E-state index contributed by atoms with van der Waals surface area (Å²) in [5.74, 6) is 0. The molecule has 1 fully saturated rings. The molecule has 0 bridgehead atoms. The van der Waals surface area contributed by atoms with Crippen LogP contribution in [0.2, 0.25) is 0 Å². The molecule has 2 rings (SSSR count).